The number of aliphatic hydroxyl groups is 8. The summed E-state index contributed by atoms with van der Waals surface area (Å²) in [4.78, 5) is 14.6. The predicted octanol–water partition coefficient (Wildman–Crippen LogP) is 1.85. The molecule has 4 saturated carbocycles. The van der Waals surface area contributed by atoms with E-state index in [1.54, 1.807) is 0 Å². The van der Waals surface area contributed by atoms with Gasteiger partial charge < -0.3 is 59.8 Å². The summed E-state index contributed by atoms with van der Waals surface area (Å²) in [5.41, 5.74) is 1.17. The fourth-order valence-electron chi connectivity index (χ4n) is 12.9. The SMILES string of the molecule is C=C1CC[C@]2(C(=O)O[C@@H]3O[C@H](CO[C@@H]4O[C@H](CO)[C@@H](O)[C@H](O)[C@H]4O)[C@@H](O)[C@H](O)[C@H]3O)CC[C@]3(C)C(=CC[C@@H]4[C@@]5(C)CC[C@H](O)C(C)(C)[C@@H]5CC[C@]43C)[C@@H]2C1. The summed E-state index contributed by atoms with van der Waals surface area (Å²) >= 11 is 0. The first-order chi connectivity index (χ1) is 25.3. The molecule has 8 N–H and O–H groups in total. The van der Waals surface area contributed by atoms with Crippen LogP contribution in [-0.2, 0) is 23.7 Å². The first-order valence-electron chi connectivity index (χ1n) is 20.1. The van der Waals surface area contributed by atoms with Gasteiger partial charge in [-0.25, -0.2) is 0 Å². The summed E-state index contributed by atoms with van der Waals surface area (Å²) in [6.07, 6.45) is -5.84. The number of rotatable bonds is 6. The molecule has 2 aliphatic heterocycles. The zero-order valence-corrected chi connectivity index (χ0v) is 32.5. The second-order valence-electron chi connectivity index (χ2n) is 19.3. The van der Waals surface area contributed by atoms with E-state index in [-0.39, 0.29) is 33.7 Å². The van der Waals surface area contributed by atoms with Crippen molar-refractivity contribution in [1.29, 1.82) is 0 Å². The van der Waals surface area contributed by atoms with Crippen molar-refractivity contribution >= 4 is 5.97 Å². The summed E-state index contributed by atoms with van der Waals surface area (Å²) in [6.45, 7) is 15.0. The van der Waals surface area contributed by atoms with Crippen LogP contribution in [0.3, 0.4) is 0 Å². The second kappa shape index (κ2) is 14.1. The molecular formula is C41H64O13. The third kappa shape index (κ3) is 5.93. The maximum atomic E-state index is 14.6. The molecule has 2 saturated heterocycles. The molecule has 7 rings (SSSR count). The summed E-state index contributed by atoms with van der Waals surface area (Å²) in [7, 11) is 0. The van der Waals surface area contributed by atoms with Crippen LogP contribution in [0.2, 0.25) is 0 Å². The van der Waals surface area contributed by atoms with Gasteiger partial charge in [-0.3, -0.25) is 4.79 Å². The van der Waals surface area contributed by atoms with Crippen LogP contribution in [0.25, 0.3) is 0 Å². The minimum Gasteiger partial charge on any atom is -0.432 e. The summed E-state index contributed by atoms with van der Waals surface area (Å²) in [6, 6.07) is 0. The van der Waals surface area contributed by atoms with Gasteiger partial charge in [0.25, 0.3) is 0 Å². The zero-order chi connectivity index (χ0) is 39.3. The second-order valence-corrected chi connectivity index (χ2v) is 19.3. The number of aliphatic hydroxyl groups excluding tert-OH is 8. The number of carbonyl (C=O) groups is 1. The lowest BCUT2D eigenvalue weighted by molar-refractivity contribution is -0.328. The van der Waals surface area contributed by atoms with Crippen molar-refractivity contribution in [2.24, 2.45) is 44.8 Å². The van der Waals surface area contributed by atoms with Gasteiger partial charge in [0.15, 0.2) is 6.29 Å². The molecule has 0 aromatic rings. The highest BCUT2D eigenvalue weighted by molar-refractivity contribution is 5.79. The van der Waals surface area contributed by atoms with Crippen LogP contribution in [0.5, 0.6) is 0 Å². The van der Waals surface area contributed by atoms with Gasteiger partial charge in [-0.2, -0.15) is 0 Å². The lowest BCUT2D eigenvalue weighted by atomic mass is 9.34. The third-order valence-corrected chi connectivity index (χ3v) is 16.6. The van der Waals surface area contributed by atoms with Gasteiger partial charge in [-0.1, -0.05) is 58.4 Å². The molecule has 0 radical (unpaired) electrons. The van der Waals surface area contributed by atoms with Crippen LogP contribution in [0.1, 0.15) is 98.8 Å². The fraction of sp³-hybridized carbons (Fsp3) is 0.878. The standard InChI is InChI=1S/C41H64O13/c1-20-9-14-41(36(50)54-35-33(49)31(47)29(45)24(53-35)19-51-34-32(48)30(46)28(44)23(18-42)52-34)16-15-39(5)21(22(41)17-20)7-8-26-38(4)12-11-27(43)37(2,3)25(38)10-13-40(26,39)6/h7,22-35,42-49H,1,8-19H2,2-6H3/t22-,23+,24+,25-,26+,27-,28+,29+,30-,31-,32+,33+,34+,35-,38-,39+,40+,41-/m0/s1. The molecule has 0 aromatic heterocycles. The molecule has 0 spiro atoms. The van der Waals surface area contributed by atoms with Gasteiger partial charge in [-0.05, 0) is 97.7 Å². The number of allylic oxidation sites excluding steroid dienone is 3. The molecular weight excluding hydrogens is 700 g/mol. The van der Waals surface area contributed by atoms with Crippen molar-refractivity contribution < 1.29 is 64.6 Å². The topological polar surface area (TPSA) is 216 Å². The third-order valence-electron chi connectivity index (χ3n) is 16.6. The summed E-state index contributed by atoms with van der Waals surface area (Å²) in [5, 5.41) is 83.9. The van der Waals surface area contributed by atoms with E-state index in [1.807, 2.05) is 0 Å². The summed E-state index contributed by atoms with van der Waals surface area (Å²) < 4.78 is 22.9. The Labute approximate surface area is 318 Å². The van der Waals surface area contributed by atoms with E-state index in [2.05, 4.69) is 47.3 Å². The van der Waals surface area contributed by atoms with E-state index < -0.39 is 86.0 Å². The van der Waals surface area contributed by atoms with Crippen LogP contribution >= 0.6 is 0 Å². The normalized spacial score (nSPS) is 52.9. The van der Waals surface area contributed by atoms with Crippen molar-refractivity contribution in [2.75, 3.05) is 13.2 Å². The molecule has 18 atom stereocenters. The fourth-order valence-corrected chi connectivity index (χ4v) is 12.9. The van der Waals surface area contributed by atoms with Crippen LogP contribution in [0.4, 0.5) is 0 Å². The quantitative estimate of drug-likeness (QED) is 0.143. The largest absolute Gasteiger partial charge is 0.432 e. The molecule has 2 heterocycles. The van der Waals surface area contributed by atoms with E-state index in [4.69, 9.17) is 18.9 Å². The van der Waals surface area contributed by atoms with Crippen molar-refractivity contribution in [3.63, 3.8) is 0 Å². The average molecular weight is 765 g/mol. The van der Waals surface area contributed by atoms with Gasteiger partial charge >= 0.3 is 5.97 Å². The van der Waals surface area contributed by atoms with Crippen molar-refractivity contribution in [2.45, 2.75) is 166 Å². The Bertz CT molecular complexity index is 1480. The Kier molecular flexibility index (Phi) is 10.6. The molecule has 0 unspecified atom stereocenters. The highest BCUT2D eigenvalue weighted by atomic mass is 16.7. The highest BCUT2D eigenvalue weighted by Gasteiger charge is 2.69. The molecule has 7 aliphatic rings. The molecule has 0 bridgehead atoms. The van der Waals surface area contributed by atoms with Crippen LogP contribution in [0.15, 0.2) is 23.8 Å². The van der Waals surface area contributed by atoms with Crippen molar-refractivity contribution in [3.05, 3.63) is 23.8 Å². The Balaban J connectivity index is 1.11. The molecule has 13 nitrogen and oxygen atoms in total. The zero-order valence-electron chi connectivity index (χ0n) is 32.5. The van der Waals surface area contributed by atoms with E-state index in [1.165, 1.54) is 5.57 Å². The minimum absolute atomic E-state index is 0.0212. The maximum absolute atomic E-state index is 14.6. The number of hydrogen-bond acceptors (Lipinski definition) is 13. The van der Waals surface area contributed by atoms with E-state index in [0.29, 0.717) is 37.5 Å². The molecule has 13 heteroatoms. The van der Waals surface area contributed by atoms with Crippen molar-refractivity contribution in [1.82, 2.24) is 0 Å². The highest BCUT2D eigenvalue weighted by Crippen LogP contribution is 2.75. The predicted molar refractivity (Wildman–Crippen MR) is 193 cm³/mol. The smallest absolute Gasteiger partial charge is 0.315 e. The van der Waals surface area contributed by atoms with Gasteiger partial charge in [0.2, 0.25) is 6.29 Å². The number of esters is 1. The molecule has 5 aliphatic carbocycles. The van der Waals surface area contributed by atoms with Crippen molar-refractivity contribution in [3.8, 4) is 0 Å². The summed E-state index contributed by atoms with van der Waals surface area (Å²) in [5.74, 6) is 0.144. The van der Waals surface area contributed by atoms with Crippen LogP contribution in [0, 0.1) is 44.8 Å². The maximum Gasteiger partial charge on any atom is 0.315 e. The number of ether oxygens (including phenoxy) is 4. The molecule has 0 aromatic carbocycles. The number of carbonyl (C=O) groups excluding carboxylic acids is 1. The molecule has 6 fully saturated rings. The van der Waals surface area contributed by atoms with Gasteiger partial charge in [0.1, 0.15) is 48.8 Å². The number of fused-ring (bicyclic) bond motifs is 7. The number of hydrogen-bond donors (Lipinski definition) is 8. The molecule has 306 valence electrons. The monoisotopic (exact) mass is 764 g/mol. The van der Waals surface area contributed by atoms with Gasteiger partial charge in [0.05, 0.1) is 24.7 Å². The van der Waals surface area contributed by atoms with Crippen LogP contribution in [-0.4, -0.2) is 128 Å². The lowest BCUT2D eigenvalue weighted by Crippen LogP contribution is -2.65. The van der Waals surface area contributed by atoms with Gasteiger partial charge in [-0.15, -0.1) is 0 Å². The lowest BCUT2D eigenvalue weighted by Gasteiger charge is -2.71. The van der Waals surface area contributed by atoms with Crippen LogP contribution < -0.4 is 0 Å². The first kappa shape index (κ1) is 40.7. The first-order valence-corrected chi connectivity index (χ1v) is 20.1. The average Bonchev–Trinajstić information content (AvgIpc) is 3.13. The Morgan fingerprint density at radius 1 is 0.796 bits per heavy atom. The van der Waals surface area contributed by atoms with Gasteiger partial charge in [0, 0.05) is 5.92 Å². The Morgan fingerprint density at radius 2 is 1.44 bits per heavy atom. The van der Waals surface area contributed by atoms with E-state index in [0.717, 1.165) is 44.1 Å². The Morgan fingerprint density at radius 3 is 2.13 bits per heavy atom. The van der Waals surface area contributed by atoms with E-state index in [9.17, 15) is 45.6 Å². The minimum atomic E-state index is -1.77. The van der Waals surface area contributed by atoms with E-state index >= 15 is 0 Å². The molecule has 0 amide bonds. The Hall–Kier alpha value is -1.49. The molecule has 54 heavy (non-hydrogen) atoms.